The summed E-state index contributed by atoms with van der Waals surface area (Å²) in [6, 6.07) is 4.02. The van der Waals surface area contributed by atoms with E-state index >= 15 is 0 Å². The molecule has 0 saturated carbocycles. The average molecular weight is 239 g/mol. The lowest BCUT2D eigenvalue weighted by atomic mass is 10.1. The maximum atomic E-state index is 12.9. The number of nitrogens with zero attached hydrogens (tertiary/aromatic N) is 1. The molecule has 94 valence electrons. The van der Waals surface area contributed by atoms with Crippen LogP contribution in [-0.2, 0) is 0 Å². The number of nitrogens with one attached hydrogen (secondary N) is 1. The number of rotatable bonds is 6. The highest BCUT2D eigenvalue weighted by Gasteiger charge is 2.07. The van der Waals surface area contributed by atoms with E-state index < -0.39 is 5.82 Å². The Hall–Kier alpha value is -1.46. The third-order valence-electron chi connectivity index (χ3n) is 2.34. The van der Waals surface area contributed by atoms with Crippen LogP contribution in [0.3, 0.4) is 0 Å². The average Bonchev–Trinajstić information content (AvgIpc) is 2.27. The predicted molar refractivity (Wildman–Crippen MR) is 66.6 cm³/mol. The zero-order valence-electron chi connectivity index (χ0n) is 10.2. The Morgan fingerprint density at radius 1 is 1.47 bits per heavy atom. The lowest BCUT2D eigenvalue weighted by molar-refractivity contribution is 0.0990. The normalized spacial score (nSPS) is 10.8. The molecule has 0 radical (unpaired) electrons. The first-order valence-corrected chi connectivity index (χ1v) is 5.44. The minimum atomic E-state index is -0.498. The van der Waals surface area contributed by atoms with Gasteiger partial charge in [0.25, 0.3) is 0 Å². The second kappa shape index (κ2) is 6.32. The van der Waals surface area contributed by atoms with E-state index in [1.54, 1.807) is 0 Å². The highest BCUT2D eigenvalue weighted by molar-refractivity contribution is 5.98. The van der Waals surface area contributed by atoms with Crippen molar-refractivity contribution < 1.29 is 9.18 Å². The molecule has 0 unspecified atom stereocenters. The largest absolute Gasteiger partial charge is 0.396 e. The van der Waals surface area contributed by atoms with Crippen LogP contribution in [0.15, 0.2) is 18.2 Å². The summed E-state index contributed by atoms with van der Waals surface area (Å²) in [7, 11) is 3.92. The summed E-state index contributed by atoms with van der Waals surface area (Å²) in [4.78, 5) is 13.7. The van der Waals surface area contributed by atoms with Crippen LogP contribution in [0.5, 0.6) is 0 Å². The molecule has 0 spiro atoms. The van der Waals surface area contributed by atoms with Gasteiger partial charge in [-0.2, -0.15) is 0 Å². The summed E-state index contributed by atoms with van der Waals surface area (Å²) < 4.78 is 12.9. The van der Waals surface area contributed by atoms with Crippen LogP contribution >= 0.6 is 0 Å². The van der Waals surface area contributed by atoms with Crippen molar-refractivity contribution in [1.29, 1.82) is 0 Å². The van der Waals surface area contributed by atoms with Crippen molar-refractivity contribution in [2.45, 2.75) is 0 Å². The first-order chi connectivity index (χ1) is 8.00. The number of benzene rings is 1. The van der Waals surface area contributed by atoms with E-state index in [4.69, 9.17) is 5.73 Å². The molecule has 1 aromatic rings. The fourth-order valence-electron chi connectivity index (χ4n) is 1.32. The molecule has 1 rings (SSSR count). The Balaban J connectivity index is 2.44. The SMILES string of the molecule is CN(C)CCNCC(=O)c1ccc(F)c(N)c1. The third kappa shape index (κ3) is 4.50. The number of Topliss-reactive ketones (excluding diaryl/α,β-unsaturated/α-hetero) is 1. The van der Waals surface area contributed by atoms with Crippen molar-refractivity contribution in [2.24, 2.45) is 0 Å². The zero-order chi connectivity index (χ0) is 12.8. The molecule has 0 aliphatic carbocycles. The molecule has 3 N–H and O–H groups in total. The second-order valence-corrected chi connectivity index (χ2v) is 4.14. The number of ketones is 1. The van der Waals surface area contributed by atoms with Crippen LogP contribution in [0.1, 0.15) is 10.4 Å². The van der Waals surface area contributed by atoms with Gasteiger partial charge in [0.2, 0.25) is 0 Å². The molecule has 0 aliphatic rings. The number of carbonyl (C=O) groups is 1. The van der Waals surface area contributed by atoms with Crippen LogP contribution in [0, 0.1) is 5.82 Å². The Kier molecular flexibility index (Phi) is 5.06. The number of anilines is 1. The topological polar surface area (TPSA) is 58.4 Å². The van der Waals surface area contributed by atoms with E-state index in [1.165, 1.54) is 18.2 Å². The monoisotopic (exact) mass is 239 g/mol. The summed E-state index contributed by atoms with van der Waals surface area (Å²) in [6.07, 6.45) is 0. The molecule has 0 heterocycles. The van der Waals surface area contributed by atoms with E-state index in [0.29, 0.717) is 5.56 Å². The van der Waals surface area contributed by atoms with Crippen molar-refractivity contribution in [3.63, 3.8) is 0 Å². The molecule has 0 bridgehead atoms. The van der Waals surface area contributed by atoms with Crippen molar-refractivity contribution in [3.05, 3.63) is 29.6 Å². The number of nitrogen functional groups attached to an aromatic ring is 1. The molecule has 0 amide bonds. The van der Waals surface area contributed by atoms with Crippen LogP contribution in [-0.4, -0.2) is 44.4 Å². The summed E-state index contributed by atoms with van der Waals surface area (Å²) in [6.45, 7) is 1.83. The first-order valence-electron chi connectivity index (χ1n) is 5.44. The molecule has 4 nitrogen and oxygen atoms in total. The van der Waals surface area contributed by atoms with Gasteiger partial charge in [0.1, 0.15) is 5.82 Å². The lowest BCUT2D eigenvalue weighted by Gasteiger charge is -2.10. The van der Waals surface area contributed by atoms with Crippen LogP contribution in [0.2, 0.25) is 0 Å². The van der Waals surface area contributed by atoms with Gasteiger partial charge in [-0.1, -0.05) is 0 Å². The standard InChI is InChI=1S/C12H18FN3O/c1-16(2)6-5-15-8-12(17)9-3-4-10(13)11(14)7-9/h3-4,7,15H,5-6,8,14H2,1-2H3. The number of hydrogen-bond acceptors (Lipinski definition) is 4. The Labute approximate surface area is 101 Å². The van der Waals surface area contributed by atoms with Gasteiger partial charge < -0.3 is 16.0 Å². The zero-order valence-corrected chi connectivity index (χ0v) is 10.2. The Morgan fingerprint density at radius 3 is 2.76 bits per heavy atom. The molecular formula is C12H18FN3O. The second-order valence-electron chi connectivity index (χ2n) is 4.14. The Morgan fingerprint density at radius 2 is 2.18 bits per heavy atom. The van der Waals surface area contributed by atoms with E-state index in [-0.39, 0.29) is 18.0 Å². The van der Waals surface area contributed by atoms with E-state index in [2.05, 4.69) is 5.32 Å². The summed E-state index contributed by atoms with van der Waals surface area (Å²) in [5.74, 6) is -0.586. The number of likely N-dealkylation sites (N-methyl/N-ethyl adjacent to an activating group) is 1. The van der Waals surface area contributed by atoms with Gasteiger partial charge in [0.15, 0.2) is 5.78 Å². The highest BCUT2D eigenvalue weighted by atomic mass is 19.1. The van der Waals surface area contributed by atoms with Crippen LogP contribution in [0.25, 0.3) is 0 Å². The minimum Gasteiger partial charge on any atom is -0.396 e. The number of nitrogens with two attached hydrogens (primary N) is 1. The third-order valence-corrected chi connectivity index (χ3v) is 2.34. The van der Waals surface area contributed by atoms with Crippen molar-refractivity contribution in [2.75, 3.05) is 39.5 Å². The van der Waals surface area contributed by atoms with Crippen molar-refractivity contribution in [3.8, 4) is 0 Å². The van der Waals surface area contributed by atoms with Gasteiger partial charge >= 0.3 is 0 Å². The van der Waals surface area contributed by atoms with Crippen molar-refractivity contribution in [1.82, 2.24) is 10.2 Å². The molecule has 0 fully saturated rings. The number of carbonyl (C=O) groups excluding carboxylic acids is 1. The Bertz CT molecular complexity index is 393. The van der Waals surface area contributed by atoms with Gasteiger partial charge in [-0.25, -0.2) is 4.39 Å². The fraction of sp³-hybridized carbons (Fsp3) is 0.417. The molecule has 0 saturated heterocycles. The maximum Gasteiger partial charge on any atom is 0.176 e. The fourth-order valence-corrected chi connectivity index (χ4v) is 1.32. The summed E-state index contributed by atoms with van der Waals surface area (Å²) in [5, 5.41) is 3.02. The van der Waals surface area contributed by atoms with E-state index in [9.17, 15) is 9.18 Å². The molecule has 0 aromatic heterocycles. The first kappa shape index (κ1) is 13.6. The van der Waals surface area contributed by atoms with Gasteiger partial charge in [0, 0.05) is 18.7 Å². The molecule has 0 atom stereocenters. The smallest absolute Gasteiger partial charge is 0.176 e. The molecule has 1 aromatic carbocycles. The minimum absolute atomic E-state index is 0.00383. The number of hydrogen-bond donors (Lipinski definition) is 2. The molecular weight excluding hydrogens is 221 g/mol. The van der Waals surface area contributed by atoms with Gasteiger partial charge in [-0.3, -0.25) is 4.79 Å². The lowest BCUT2D eigenvalue weighted by Crippen LogP contribution is -2.30. The van der Waals surface area contributed by atoms with E-state index in [0.717, 1.165) is 13.1 Å². The number of halogens is 1. The van der Waals surface area contributed by atoms with Gasteiger partial charge in [-0.05, 0) is 32.3 Å². The molecule has 17 heavy (non-hydrogen) atoms. The summed E-state index contributed by atoms with van der Waals surface area (Å²) in [5.41, 5.74) is 5.83. The van der Waals surface area contributed by atoms with Crippen LogP contribution < -0.4 is 11.1 Å². The van der Waals surface area contributed by atoms with Crippen molar-refractivity contribution >= 4 is 11.5 Å². The van der Waals surface area contributed by atoms with Gasteiger partial charge in [0.05, 0.1) is 12.2 Å². The maximum absolute atomic E-state index is 12.9. The van der Waals surface area contributed by atoms with E-state index in [1.807, 2.05) is 19.0 Å². The van der Waals surface area contributed by atoms with Gasteiger partial charge in [-0.15, -0.1) is 0 Å². The highest BCUT2D eigenvalue weighted by Crippen LogP contribution is 2.12. The summed E-state index contributed by atoms with van der Waals surface area (Å²) >= 11 is 0. The molecule has 5 heteroatoms. The predicted octanol–water partition coefficient (Wildman–Crippen LogP) is 0.742. The van der Waals surface area contributed by atoms with Crippen LogP contribution in [0.4, 0.5) is 10.1 Å². The molecule has 0 aliphatic heterocycles. The quantitative estimate of drug-likeness (QED) is 0.437.